The van der Waals surface area contributed by atoms with Crippen LogP contribution in [0.5, 0.6) is 0 Å². The molecular formula is C16H18N4OS. The van der Waals surface area contributed by atoms with E-state index >= 15 is 0 Å². The second kappa shape index (κ2) is 5.68. The van der Waals surface area contributed by atoms with Gasteiger partial charge in [-0.1, -0.05) is 30.0 Å². The average Bonchev–Trinajstić information content (AvgIpc) is 3.05. The van der Waals surface area contributed by atoms with Gasteiger partial charge in [0.15, 0.2) is 5.16 Å². The molecule has 0 saturated carbocycles. The molecule has 1 fully saturated rings. The van der Waals surface area contributed by atoms with E-state index in [-0.39, 0.29) is 5.56 Å². The minimum absolute atomic E-state index is 0.0792. The van der Waals surface area contributed by atoms with Gasteiger partial charge >= 0.3 is 0 Å². The molecule has 6 heteroatoms. The lowest BCUT2D eigenvalue weighted by atomic mass is 10.2. The molecule has 0 N–H and O–H groups in total. The summed E-state index contributed by atoms with van der Waals surface area (Å²) in [4.78, 5) is 21.4. The van der Waals surface area contributed by atoms with E-state index in [4.69, 9.17) is 0 Å². The first-order valence-electron chi connectivity index (χ1n) is 7.61. The first-order valence-corrected chi connectivity index (χ1v) is 8.59. The first kappa shape index (κ1) is 13.7. The molecule has 2 aromatic rings. The molecule has 22 heavy (non-hydrogen) atoms. The number of thioether (sulfide) groups is 1. The van der Waals surface area contributed by atoms with E-state index in [1.807, 2.05) is 6.07 Å². The number of hydrogen-bond donors (Lipinski definition) is 0. The third-order valence-corrected chi connectivity index (χ3v) is 5.19. The average molecular weight is 314 g/mol. The van der Waals surface area contributed by atoms with E-state index in [0.29, 0.717) is 0 Å². The largest absolute Gasteiger partial charge is 0.368 e. The van der Waals surface area contributed by atoms with Gasteiger partial charge in [0.05, 0.1) is 0 Å². The van der Waals surface area contributed by atoms with Crippen molar-refractivity contribution in [3.63, 3.8) is 0 Å². The lowest BCUT2D eigenvalue weighted by molar-refractivity contribution is 0.619. The van der Waals surface area contributed by atoms with Crippen molar-refractivity contribution in [1.29, 1.82) is 0 Å². The van der Waals surface area contributed by atoms with Gasteiger partial charge in [-0.05, 0) is 12.1 Å². The van der Waals surface area contributed by atoms with E-state index in [1.165, 1.54) is 5.69 Å². The van der Waals surface area contributed by atoms with Crippen molar-refractivity contribution < 1.29 is 0 Å². The highest BCUT2D eigenvalue weighted by atomic mass is 32.2. The summed E-state index contributed by atoms with van der Waals surface area (Å²) in [6.07, 6.45) is 0. The van der Waals surface area contributed by atoms with Crippen molar-refractivity contribution in [3.8, 4) is 0 Å². The van der Waals surface area contributed by atoms with Gasteiger partial charge in [0.1, 0.15) is 5.82 Å². The molecule has 2 aliphatic heterocycles. The lowest BCUT2D eigenvalue weighted by Gasteiger charge is -2.36. The molecule has 5 nitrogen and oxygen atoms in total. The predicted octanol–water partition coefficient (Wildman–Crippen LogP) is 1.68. The molecule has 0 aliphatic carbocycles. The highest BCUT2D eigenvalue weighted by molar-refractivity contribution is 7.99. The van der Waals surface area contributed by atoms with Crippen molar-refractivity contribution in [2.24, 2.45) is 0 Å². The molecule has 0 radical (unpaired) electrons. The van der Waals surface area contributed by atoms with Crippen LogP contribution in [-0.2, 0) is 6.54 Å². The number of piperazine rings is 1. The topological polar surface area (TPSA) is 41.4 Å². The molecule has 0 bridgehead atoms. The Bertz CT molecular complexity index is 723. The minimum Gasteiger partial charge on any atom is -0.368 e. The van der Waals surface area contributed by atoms with Crippen LogP contribution in [0.3, 0.4) is 0 Å². The number of benzene rings is 1. The molecule has 1 aromatic carbocycles. The molecule has 4 rings (SSSR count). The number of fused-ring (bicyclic) bond motifs is 1. The maximum Gasteiger partial charge on any atom is 0.256 e. The molecular weight excluding hydrogens is 296 g/mol. The summed E-state index contributed by atoms with van der Waals surface area (Å²) in [7, 11) is 0. The zero-order chi connectivity index (χ0) is 14.9. The van der Waals surface area contributed by atoms with Gasteiger partial charge in [0.25, 0.3) is 5.56 Å². The van der Waals surface area contributed by atoms with Gasteiger partial charge in [-0.25, -0.2) is 4.98 Å². The summed E-state index contributed by atoms with van der Waals surface area (Å²) in [5.74, 6) is 1.78. The number of aromatic nitrogens is 2. The fourth-order valence-corrected chi connectivity index (χ4v) is 3.96. The van der Waals surface area contributed by atoms with Crippen LogP contribution >= 0.6 is 11.8 Å². The number of para-hydroxylation sites is 1. The van der Waals surface area contributed by atoms with Crippen molar-refractivity contribution >= 4 is 23.3 Å². The summed E-state index contributed by atoms with van der Waals surface area (Å²) in [5, 5.41) is 0.869. The molecule has 0 atom stereocenters. The Balaban J connectivity index is 1.50. The molecule has 114 valence electrons. The van der Waals surface area contributed by atoms with Crippen LogP contribution in [-0.4, -0.2) is 41.5 Å². The first-order chi connectivity index (χ1) is 10.8. The summed E-state index contributed by atoms with van der Waals surface area (Å²) in [6, 6.07) is 12.2. The van der Waals surface area contributed by atoms with Gasteiger partial charge in [-0.3, -0.25) is 9.36 Å². The summed E-state index contributed by atoms with van der Waals surface area (Å²) in [6.45, 7) is 4.49. The Hall–Kier alpha value is -1.95. The molecule has 0 unspecified atom stereocenters. The fraction of sp³-hybridized carbons (Fsp3) is 0.375. The van der Waals surface area contributed by atoms with Crippen LogP contribution < -0.4 is 15.4 Å². The maximum atomic E-state index is 12.1. The predicted molar refractivity (Wildman–Crippen MR) is 90.1 cm³/mol. The monoisotopic (exact) mass is 314 g/mol. The zero-order valence-corrected chi connectivity index (χ0v) is 13.1. The molecule has 1 saturated heterocycles. The Kier molecular flexibility index (Phi) is 3.54. The molecule has 0 amide bonds. The van der Waals surface area contributed by atoms with Crippen molar-refractivity contribution in [2.45, 2.75) is 11.7 Å². The van der Waals surface area contributed by atoms with Crippen LogP contribution in [0, 0.1) is 0 Å². The zero-order valence-electron chi connectivity index (χ0n) is 12.3. The van der Waals surface area contributed by atoms with Crippen molar-refractivity contribution in [2.75, 3.05) is 41.7 Å². The SMILES string of the molecule is O=c1cc(N2CCN(c3ccccc3)CC2)nc2n1CCS2. The van der Waals surface area contributed by atoms with E-state index in [0.717, 1.165) is 49.5 Å². The van der Waals surface area contributed by atoms with Crippen LogP contribution in [0.2, 0.25) is 0 Å². The quantitative estimate of drug-likeness (QED) is 0.789. The molecule has 1 aromatic heterocycles. The Morgan fingerprint density at radius 1 is 0.955 bits per heavy atom. The van der Waals surface area contributed by atoms with Gasteiger partial charge in [0.2, 0.25) is 0 Å². The second-order valence-corrected chi connectivity index (χ2v) is 6.61. The Labute approximate surface area is 133 Å². The van der Waals surface area contributed by atoms with E-state index in [9.17, 15) is 4.79 Å². The van der Waals surface area contributed by atoms with Gasteiger partial charge < -0.3 is 9.80 Å². The molecule has 0 spiro atoms. The molecule has 2 aliphatic rings. The van der Waals surface area contributed by atoms with E-state index < -0.39 is 0 Å². The fourth-order valence-electron chi connectivity index (χ4n) is 3.01. The number of anilines is 2. The summed E-state index contributed by atoms with van der Waals surface area (Å²) < 4.78 is 1.77. The molecule has 3 heterocycles. The number of nitrogens with zero attached hydrogens (tertiary/aromatic N) is 4. The van der Waals surface area contributed by atoms with Gasteiger partial charge in [-0.15, -0.1) is 0 Å². The Morgan fingerprint density at radius 2 is 1.68 bits per heavy atom. The Morgan fingerprint density at radius 3 is 2.45 bits per heavy atom. The maximum absolute atomic E-state index is 12.1. The third-order valence-electron chi connectivity index (χ3n) is 4.23. The smallest absolute Gasteiger partial charge is 0.256 e. The highest BCUT2D eigenvalue weighted by Crippen LogP contribution is 2.24. The second-order valence-electron chi connectivity index (χ2n) is 5.54. The third kappa shape index (κ3) is 2.47. The number of hydrogen-bond acceptors (Lipinski definition) is 5. The highest BCUT2D eigenvalue weighted by Gasteiger charge is 2.21. The van der Waals surface area contributed by atoms with E-state index in [2.05, 4.69) is 39.0 Å². The van der Waals surface area contributed by atoms with Crippen LogP contribution in [0.15, 0.2) is 46.3 Å². The lowest BCUT2D eigenvalue weighted by Crippen LogP contribution is -2.47. The minimum atomic E-state index is 0.0792. The van der Waals surface area contributed by atoms with Crippen LogP contribution in [0.25, 0.3) is 0 Å². The summed E-state index contributed by atoms with van der Waals surface area (Å²) in [5.41, 5.74) is 1.34. The standard InChI is InChI=1S/C16H18N4OS/c21-15-12-14(17-16-20(15)10-11-22-16)19-8-6-18(7-9-19)13-4-2-1-3-5-13/h1-5,12H,6-11H2. The van der Waals surface area contributed by atoms with E-state index in [1.54, 1.807) is 22.4 Å². The summed E-state index contributed by atoms with van der Waals surface area (Å²) >= 11 is 1.67. The number of rotatable bonds is 2. The van der Waals surface area contributed by atoms with Crippen LogP contribution in [0.1, 0.15) is 0 Å². The van der Waals surface area contributed by atoms with Crippen molar-refractivity contribution in [3.05, 3.63) is 46.8 Å². The normalized spacial score (nSPS) is 17.6. The van der Waals surface area contributed by atoms with Gasteiger partial charge in [0, 0.05) is 50.2 Å². The van der Waals surface area contributed by atoms with Gasteiger partial charge in [-0.2, -0.15) is 0 Å². The van der Waals surface area contributed by atoms with Crippen molar-refractivity contribution in [1.82, 2.24) is 9.55 Å². The van der Waals surface area contributed by atoms with Crippen LogP contribution in [0.4, 0.5) is 11.5 Å².